The highest BCUT2D eigenvalue weighted by Gasteiger charge is 2.33. The van der Waals surface area contributed by atoms with Crippen LogP contribution >= 0.6 is 11.3 Å². The van der Waals surface area contributed by atoms with Crippen molar-refractivity contribution in [2.75, 3.05) is 13.1 Å². The predicted molar refractivity (Wildman–Crippen MR) is 102 cm³/mol. The number of aromatic nitrogens is 4. The molecule has 1 amide bonds. The van der Waals surface area contributed by atoms with Crippen LogP contribution in [-0.4, -0.2) is 43.8 Å². The summed E-state index contributed by atoms with van der Waals surface area (Å²) < 4.78 is 7.15. The van der Waals surface area contributed by atoms with Crippen LogP contribution in [0.15, 0.2) is 46.3 Å². The molecule has 7 nitrogen and oxygen atoms in total. The fourth-order valence-corrected chi connectivity index (χ4v) is 4.22. The average Bonchev–Trinajstić information content (AvgIpc) is 3.46. The molecule has 5 rings (SSSR count). The third-order valence-corrected chi connectivity index (χ3v) is 5.83. The van der Waals surface area contributed by atoms with Crippen LogP contribution in [0.3, 0.4) is 0 Å². The van der Waals surface area contributed by atoms with Crippen molar-refractivity contribution in [3.63, 3.8) is 0 Å². The van der Waals surface area contributed by atoms with E-state index >= 15 is 0 Å². The van der Waals surface area contributed by atoms with Crippen molar-refractivity contribution in [2.24, 2.45) is 7.05 Å². The summed E-state index contributed by atoms with van der Waals surface area (Å²) in [4.78, 5) is 20.4. The van der Waals surface area contributed by atoms with Gasteiger partial charge in [0.15, 0.2) is 11.5 Å². The highest BCUT2D eigenvalue weighted by Crippen LogP contribution is 2.30. The van der Waals surface area contributed by atoms with Crippen LogP contribution in [0, 0.1) is 0 Å². The second-order valence-corrected chi connectivity index (χ2v) is 7.61. The van der Waals surface area contributed by atoms with Crippen LogP contribution < -0.4 is 0 Å². The molecule has 136 valence electrons. The van der Waals surface area contributed by atoms with Crippen LogP contribution in [0.4, 0.5) is 0 Å². The molecule has 27 heavy (non-hydrogen) atoms. The van der Waals surface area contributed by atoms with Gasteiger partial charge in [-0.3, -0.25) is 9.48 Å². The van der Waals surface area contributed by atoms with E-state index in [0.717, 1.165) is 22.2 Å². The van der Waals surface area contributed by atoms with Gasteiger partial charge in [-0.05, 0) is 23.9 Å². The molecule has 1 aromatic carbocycles. The maximum atomic E-state index is 13.0. The molecule has 4 heterocycles. The van der Waals surface area contributed by atoms with Gasteiger partial charge in [-0.25, -0.2) is 0 Å². The molecule has 1 fully saturated rings. The van der Waals surface area contributed by atoms with Crippen molar-refractivity contribution < 1.29 is 9.32 Å². The second-order valence-electron chi connectivity index (χ2n) is 6.66. The Kier molecular flexibility index (Phi) is 3.78. The lowest BCUT2D eigenvalue weighted by Crippen LogP contribution is -2.29. The fraction of sp³-hybridized carbons (Fsp3) is 0.263. The number of aryl methyl sites for hydroxylation is 1. The number of rotatable bonds is 3. The Labute approximate surface area is 159 Å². The zero-order chi connectivity index (χ0) is 18.4. The van der Waals surface area contributed by atoms with Gasteiger partial charge in [-0.1, -0.05) is 29.4 Å². The molecule has 0 unspecified atom stereocenters. The Bertz CT molecular complexity index is 1110. The maximum Gasteiger partial charge on any atom is 0.275 e. The van der Waals surface area contributed by atoms with Gasteiger partial charge in [0.1, 0.15) is 0 Å². The standard InChI is InChI=1S/C19H17N5O2S/c1-23-14-6-3-2-5-13(14)16(21-23)19(25)24-9-8-12(11-24)17-20-18(26-22-17)15-7-4-10-27-15/h2-7,10,12H,8-9,11H2,1H3/t12-/m1/s1. The van der Waals surface area contributed by atoms with Crippen molar-refractivity contribution in [1.82, 2.24) is 24.8 Å². The lowest BCUT2D eigenvalue weighted by molar-refractivity contribution is 0.0785. The lowest BCUT2D eigenvalue weighted by Gasteiger charge is -2.14. The number of nitrogens with zero attached hydrogens (tertiary/aromatic N) is 5. The van der Waals surface area contributed by atoms with Gasteiger partial charge in [0, 0.05) is 31.4 Å². The molecule has 3 aromatic heterocycles. The molecule has 0 aliphatic carbocycles. The van der Waals surface area contributed by atoms with Crippen LogP contribution in [0.5, 0.6) is 0 Å². The van der Waals surface area contributed by atoms with Crippen molar-refractivity contribution in [1.29, 1.82) is 0 Å². The summed E-state index contributed by atoms with van der Waals surface area (Å²) in [7, 11) is 1.86. The SMILES string of the molecule is Cn1nc(C(=O)N2CC[C@@H](c3noc(-c4cccs4)n3)C2)c2ccccc21. The summed E-state index contributed by atoms with van der Waals surface area (Å²) in [6.45, 7) is 1.24. The summed E-state index contributed by atoms with van der Waals surface area (Å²) >= 11 is 1.57. The summed E-state index contributed by atoms with van der Waals surface area (Å²) in [6.07, 6.45) is 0.819. The molecule has 1 aliphatic heterocycles. The number of hydrogen-bond acceptors (Lipinski definition) is 6. The minimum atomic E-state index is -0.0451. The van der Waals surface area contributed by atoms with Gasteiger partial charge < -0.3 is 9.42 Å². The first kappa shape index (κ1) is 16.2. The van der Waals surface area contributed by atoms with Gasteiger partial charge in [0.05, 0.1) is 10.4 Å². The molecular weight excluding hydrogens is 362 g/mol. The quantitative estimate of drug-likeness (QED) is 0.546. The van der Waals surface area contributed by atoms with E-state index in [1.54, 1.807) is 16.0 Å². The minimum absolute atomic E-state index is 0.0451. The van der Waals surface area contributed by atoms with E-state index in [0.29, 0.717) is 30.5 Å². The summed E-state index contributed by atoms with van der Waals surface area (Å²) in [5.74, 6) is 1.25. The van der Waals surface area contributed by atoms with E-state index in [1.165, 1.54) is 0 Å². The number of likely N-dealkylation sites (tertiary alicyclic amines) is 1. The number of benzene rings is 1. The Morgan fingerprint density at radius 1 is 1.26 bits per heavy atom. The predicted octanol–water partition coefficient (Wildman–Crippen LogP) is 3.31. The Balaban J connectivity index is 1.37. The smallest absolute Gasteiger partial charge is 0.275 e. The Morgan fingerprint density at radius 2 is 2.15 bits per heavy atom. The Hall–Kier alpha value is -3.00. The van der Waals surface area contributed by atoms with E-state index in [-0.39, 0.29) is 11.8 Å². The molecular formula is C19H17N5O2S. The monoisotopic (exact) mass is 379 g/mol. The number of hydrogen-bond donors (Lipinski definition) is 0. The van der Waals surface area contributed by atoms with Crippen LogP contribution in [-0.2, 0) is 7.05 Å². The van der Waals surface area contributed by atoms with Gasteiger partial charge in [0.25, 0.3) is 11.8 Å². The zero-order valence-corrected chi connectivity index (χ0v) is 15.5. The number of carbonyl (C=O) groups excluding carboxylic acids is 1. The molecule has 0 bridgehead atoms. The average molecular weight is 379 g/mol. The molecule has 1 aliphatic rings. The summed E-state index contributed by atoms with van der Waals surface area (Å²) in [6, 6.07) is 11.7. The van der Waals surface area contributed by atoms with Crippen molar-refractivity contribution in [3.8, 4) is 10.8 Å². The van der Waals surface area contributed by atoms with Gasteiger partial charge in [0.2, 0.25) is 0 Å². The van der Waals surface area contributed by atoms with Gasteiger partial charge in [-0.2, -0.15) is 10.1 Å². The second kappa shape index (κ2) is 6.31. The molecule has 0 radical (unpaired) electrons. The van der Waals surface area contributed by atoms with Gasteiger partial charge >= 0.3 is 0 Å². The molecule has 0 N–H and O–H groups in total. The first-order valence-corrected chi connectivity index (χ1v) is 9.67. The van der Waals surface area contributed by atoms with Crippen LogP contribution in [0.25, 0.3) is 21.7 Å². The first-order valence-electron chi connectivity index (χ1n) is 8.79. The number of thiophene rings is 1. The van der Waals surface area contributed by atoms with E-state index in [9.17, 15) is 4.79 Å². The van der Waals surface area contributed by atoms with Crippen LogP contribution in [0.2, 0.25) is 0 Å². The summed E-state index contributed by atoms with van der Waals surface area (Å²) in [5.41, 5.74) is 1.46. The number of amides is 1. The largest absolute Gasteiger partial charge is 0.336 e. The third kappa shape index (κ3) is 2.73. The summed E-state index contributed by atoms with van der Waals surface area (Å²) in [5, 5.41) is 11.4. The highest BCUT2D eigenvalue weighted by atomic mass is 32.1. The van der Waals surface area contributed by atoms with Gasteiger partial charge in [-0.15, -0.1) is 11.3 Å². The first-order chi connectivity index (χ1) is 13.2. The van der Waals surface area contributed by atoms with Crippen molar-refractivity contribution >= 4 is 28.1 Å². The fourth-order valence-electron chi connectivity index (χ4n) is 3.58. The minimum Gasteiger partial charge on any atom is -0.336 e. The van der Waals surface area contributed by atoms with E-state index in [1.807, 2.05) is 53.7 Å². The van der Waals surface area contributed by atoms with E-state index < -0.39 is 0 Å². The lowest BCUT2D eigenvalue weighted by atomic mass is 10.1. The number of para-hydroxylation sites is 1. The molecule has 1 saturated heterocycles. The molecule has 4 aromatic rings. The Morgan fingerprint density at radius 3 is 3.00 bits per heavy atom. The number of fused-ring (bicyclic) bond motifs is 1. The topological polar surface area (TPSA) is 77.0 Å². The van der Waals surface area contributed by atoms with E-state index in [4.69, 9.17) is 4.52 Å². The molecule has 8 heteroatoms. The maximum absolute atomic E-state index is 13.0. The molecule has 0 spiro atoms. The number of carbonyl (C=O) groups is 1. The highest BCUT2D eigenvalue weighted by molar-refractivity contribution is 7.13. The van der Waals surface area contributed by atoms with Crippen molar-refractivity contribution in [2.45, 2.75) is 12.3 Å². The van der Waals surface area contributed by atoms with E-state index in [2.05, 4.69) is 15.2 Å². The third-order valence-electron chi connectivity index (χ3n) is 4.97. The molecule has 1 atom stereocenters. The normalized spacial score (nSPS) is 17.1. The molecule has 0 saturated carbocycles. The van der Waals surface area contributed by atoms with Crippen LogP contribution in [0.1, 0.15) is 28.7 Å². The zero-order valence-electron chi connectivity index (χ0n) is 14.7. The van der Waals surface area contributed by atoms with Crippen molar-refractivity contribution in [3.05, 3.63) is 53.3 Å².